The minimum atomic E-state index is -1.33. The molecule has 1 unspecified atom stereocenters. The number of aryl methyl sites for hydroxylation is 1. The molecule has 0 aliphatic carbocycles. The summed E-state index contributed by atoms with van der Waals surface area (Å²) < 4.78 is 15.8. The molecule has 29 heavy (non-hydrogen) atoms. The van der Waals surface area contributed by atoms with Crippen molar-refractivity contribution in [1.82, 2.24) is 5.32 Å². The van der Waals surface area contributed by atoms with Crippen LogP contribution >= 0.6 is 0 Å². The van der Waals surface area contributed by atoms with Crippen LogP contribution in [0.2, 0.25) is 0 Å². The predicted octanol–water partition coefficient (Wildman–Crippen LogP) is 2.80. The van der Waals surface area contributed by atoms with E-state index < -0.39 is 17.8 Å². The van der Waals surface area contributed by atoms with Crippen molar-refractivity contribution in [3.63, 3.8) is 0 Å². The predicted molar refractivity (Wildman–Crippen MR) is 107 cm³/mol. The fraction of sp³-hybridized carbons (Fsp3) is 0.591. The summed E-state index contributed by atoms with van der Waals surface area (Å²) in [6, 6.07) is 6.76. The fourth-order valence-electron chi connectivity index (χ4n) is 3.22. The van der Waals surface area contributed by atoms with Crippen LogP contribution in [0.15, 0.2) is 24.3 Å². The van der Waals surface area contributed by atoms with Gasteiger partial charge in [0, 0.05) is 18.4 Å². The molecule has 1 aliphatic heterocycles. The molecule has 1 heterocycles. The van der Waals surface area contributed by atoms with E-state index in [-0.39, 0.29) is 17.6 Å². The number of nitrogens with one attached hydrogen (secondary N) is 1. The Bertz CT molecular complexity index is 707. The second kappa shape index (κ2) is 10.5. The summed E-state index contributed by atoms with van der Waals surface area (Å²) >= 11 is 0. The van der Waals surface area contributed by atoms with E-state index in [1.807, 2.05) is 19.1 Å². The summed E-state index contributed by atoms with van der Waals surface area (Å²) in [4.78, 5) is 35.9. The molecule has 0 saturated carbocycles. The van der Waals surface area contributed by atoms with E-state index in [9.17, 15) is 14.4 Å². The van der Waals surface area contributed by atoms with Crippen LogP contribution < -0.4 is 5.32 Å². The molecule has 1 amide bonds. The first-order valence-electron chi connectivity index (χ1n) is 9.99. The van der Waals surface area contributed by atoms with E-state index in [0.29, 0.717) is 25.2 Å². The van der Waals surface area contributed by atoms with Crippen LogP contribution in [0.1, 0.15) is 55.5 Å². The van der Waals surface area contributed by atoms with Gasteiger partial charge in [-0.25, -0.2) is 4.79 Å². The minimum Gasteiger partial charge on any atom is -0.465 e. The van der Waals surface area contributed by atoms with Crippen molar-refractivity contribution in [3.05, 3.63) is 35.4 Å². The second-order valence-corrected chi connectivity index (χ2v) is 7.71. The summed E-state index contributed by atoms with van der Waals surface area (Å²) in [5.74, 6) is -1.97. The number of carbonyl (C=O) groups excluding carboxylic acids is 3. The number of carbonyl (C=O) groups is 3. The van der Waals surface area contributed by atoms with Crippen LogP contribution in [-0.4, -0.2) is 49.8 Å². The lowest BCUT2D eigenvalue weighted by Gasteiger charge is -2.35. The number of unbranched alkanes of at least 4 members (excludes halogenated alkanes) is 1. The van der Waals surface area contributed by atoms with E-state index in [4.69, 9.17) is 9.47 Å². The lowest BCUT2D eigenvalue weighted by molar-refractivity contribution is -0.272. The van der Waals surface area contributed by atoms with Gasteiger partial charge in [-0.1, -0.05) is 30.5 Å². The first-order chi connectivity index (χ1) is 13.7. The lowest BCUT2D eigenvalue weighted by Crippen LogP contribution is -2.48. The van der Waals surface area contributed by atoms with Gasteiger partial charge in [-0.2, -0.15) is 0 Å². The maximum absolute atomic E-state index is 12.4. The number of amides is 1. The smallest absolute Gasteiger partial charge is 0.366 e. The van der Waals surface area contributed by atoms with Gasteiger partial charge in [-0.05, 0) is 38.8 Å². The fourth-order valence-corrected chi connectivity index (χ4v) is 3.22. The van der Waals surface area contributed by atoms with Crippen molar-refractivity contribution < 1.29 is 28.6 Å². The molecule has 7 heteroatoms. The average molecular weight is 405 g/mol. The Kier molecular flexibility index (Phi) is 8.34. The summed E-state index contributed by atoms with van der Waals surface area (Å²) in [5, 5.41) is 2.83. The number of rotatable bonds is 9. The normalized spacial score (nSPS) is 22.6. The summed E-state index contributed by atoms with van der Waals surface area (Å²) in [7, 11) is 1.30. The van der Waals surface area contributed by atoms with Crippen LogP contribution in [0.5, 0.6) is 0 Å². The summed E-state index contributed by atoms with van der Waals surface area (Å²) in [6.07, 6.45) is 3.11. The van der Waals surface area contributed by atoms with Crippen molar-refractivity contribution in [2.75, 3.05) is 20.3 Å². The highest BCUT2D eigenvalue weighted by atomic mass is 16.7. The van der Waals surface area contributed by atoms with Gasteiger partial charge < -0.3 is 19.5 Å². The molecular weight excluding hydrogens is 374 g/mol. The molecule has 1 saturated heterocycles. The topological polar surface area (TPSA) is 90.9 Å². The number of ketones is 1. The van der Waals surface area contributed by atoms with Gasteiger partial charge in [-0.3, -0.25) is 9.59 Å². The average Bonchev–Trinajstić information content (AvgIpc) is 2.71. The number of hydrogen-bond acceptors (Lipinski definition) is 6. The molecule has 2 rings (SSSR count). The van der Waals surface area contributed by atoms with Gasteiger partial charge >= 0.3 is 5.97 Å². The van der Waals surface area contributed by atoms with Gasteiger partial charge in [0.25, 0.3) is 11.7 Å². The van der Waals surface area contributed by atoms with Gasteiger partial charge in [0.1, 0.15) is 0 Å². The van der Waals surface area contributed by atoms with Crippen LogP contribution in [0.3, 0.4) is 0 Å². The molecule has 1 aromatic rings. The zero-order valence-corrected chi connectivity index (χ0v) is 17.7. The van der Waals surface area contributed by atoms with E-state index in [1.54, 1.807) is 19.1 Å². The zero-order chi connectivity index (χ0) is 21.4. The Morgan fingerprint density at radius 1 is 1.17 bits per heavy atom. The molecule has 1 fully saturated rings. The van der Waals surface area contributed by atoms with Crippen molar-refractivity contribution >= 4 is 17.7 Å². The van der Waals surface area contributed by atoms with Gasteiger partial charge in [0.2, 0.25) is 0 Å². The third kappa shape index (κ3) is 6.65. The molecule has 1 atom stereocenters. The van der Waals surface area contributed by atoms with Crippen LogP contribution in [0.25, 0.3) is 0 Å². The molecular formula is C22H31NO6. The maximum atomic E-state index is 12.4. The first kappa shape index (κ1) is 23.0. The minimum absolute atomic E-state index is 0.0522. The number of hydrogen-bond donors (Lipinski definition) is 1. The van der Waals surface area contributed by atoms with Gasteiger partial charge in [0.05, 0.1) is 26.4 Å². The molecule has 0 radical (unpaired) electrons. The summed E-state index contributed by atoms with van der Waals surface area (Å²) in [5.41, 5.74) is 1.62. The Morgan fingerprint density at radius 2 is 1.79 bits per heavy atom. The SMILES string of the molecule is COC(=O)[C@]1(C)OC[C@H](CCCCC(NC(=O)c2ccc(C)cc2)C(C)=O)CO1. The Morgan fingerprint density at radius 3 is 2.34 bits per heavy atom. The van der Waals surface area contributed by atoms with Crippen LogP contribution in [0, 0.1) is 12.8 Å². The molecule has 160 valence electrons. The third-order valence-electron chi connectivity index (χ3n) is 5.21. The Hall–Kier alpha value is -2.25. The van der Waals surface area contributed by atoms with E-state index in [2.05, 4.69) is 10.1 Å². The van der Waals surface area contributed by atoms with Crippen LogP contribution in [0.4, 0.5) is 0 Å². The maximum Gasteiger partial charge on any atom is 0.366 e. The van der Waals surface area contributed by atoms with Gasteiger partial charge in [-0.15, -0.1) is 0 Å². The molecule has 0 spiro atoms. The molecule has 1 aliphatic rings. The van der Waals surface area contributed by atoms with E-state index in [0.717, 1.165) is 24.8 Å². The Balaban J connectivity index is 1.73. The highest BCUT2D eigenvalue weighted by molar-refractivity contribution is 5.97. The zero-order valence-electron chi connectivity index (χ0n) is 17.7. The number of ether oxygens (including phenoxy) is 3. The molecule has 1 aromatic carbocycles. The van der Waals surface area contributed by atoms with Crippen LogP contribution in [-0.2, 0) is 23.8 Å². The lowest BCUT2D eigenvalue weighted by atomic mass is 9.98. The molecule has 0 aromatic heterocycles. The number of benzene rings is 1. The van der Waals surface area contributed by atoms with Gasteiger partial charge in [0.15, 0.2) is 5.78 Å². The van der Waals surface area contributed by atoms with Crippen molar-refractivity contribution in [1.29, 1.82) is 0 Å². The quantitative estimate of drug-likeness (QED) is 0.502. The molecule has 0 bridgehead atoms. The monoisotopic (exact) mass is 405 g/mol. The van der Waals surface area contributed by atoms with Crippen molar-refractivity contribution in [2.24, 2.45) is 5.92 Å². The van der Waals surface area contributed by atoms with Crippen molar-refractivity contribution in [2.45, 2.75) is 58.3 Å². The molecule has 1 N–H and O–H groups in total. The second-order valence-electron chi connectivity index (χ2n) is 7.71. The summed E-state index contributed by atoms with van der Waals surface area (Å²) in [6.45, 7) is 5.86. The third-order valence-corrected chi connectivity index (χ3v) is 5.21. The first-order valence-corrected chi connectivity index (χ1v) is 9.99. The van der Waals surface area contributed by atoms with E-state index in [1.165, 1.54) is 14.0 Å². The number of Topliss-reactive ketones (excluding diaryl/α,β-unsaturated/α-hetero) is 1. The molecule has 7 nitrogen and oxygen atoms in total. The number of esters is 1. The Labute approximate surface area is 172 Å². The number of methoxy groups -OCH3 is 1. The highest BCUT2D eigenvalue weighted by Gasteiger charge is 2.41. The largest absolute Gasteiger partial charge is 0.465 e. The highest BCUT2D eigenvalue weighted by Crippen LogP contribution is 2.25. The van der Waals surface area contributed by atoms with Crippen molar-refractivity contribution in [3.8, 4) is 0 Å². The standard InChI is InChI=1S/C22H31NO6/c1-15-9-11-18(12-10-15)20(25)23-19(16(2)24)8-6-5-7-17-13-28-22(3,29-14-17)21(26)27-4/h9-12,17,19H,5-8,13-14H2,1-4H3,(H,23,25)/t17-,19?,22+. The van der Waals surface area contributed by atoms with E-state index >= 15 is 0 Å².